The van der Waals surface area contributed by atoms with Crippen LogP contribution in [0.25, 0.3) is 0 Å². The second kappa shape index (κ2) is 6.11. The molecule has 0 amide bonds. The number of esters is 1. The van der Waals surface area contributed by atoms with Gasteiger partial charge in [-0.2, -0.15) is 0 Å². The minimum Gasteiger partial charge on any atom is -0.468 e. The summed E-state index contributed by atoms with van der Waals surface area (Å²) in [7, 11) is 3.48. The van der Waals surface area contributed by atoms with Crippen molar-refractivity contribution in [2.24, 2.45) is 5.92 Å². The van der Waals surface area contributed by atoms with Gasteiger partial charge in [0.15, 0.2) is 0 Å². The molecule has 3 heteroatoms. The number of nitrogens with zero attached hydrogens (tertiary/aromatic N) is 1. The molecule has 0 spiro atoms. The van der Waals surface area contributed by atoms with E-state index in [1.807, 2.05) is 7.05 Å². The SMILES string of the molecule is CCC1CCCC(N(C)CC(=O)OC)C1. The Kier molecular flexibility index (Phi) is 5.09. The van der Waals surface area contributed by atoms with Crippen LogP contribution in [-0.4, -0.2) is 37.6 Å². The number of carbonyl (C=O) groups excluding carboxylic acids is 1. The van der Waals surface area contributed by atoms with Crippen LogP contribution in [0.2, 0.25) is 0 Å². The summed E-state index contributed by atoms with van der Waals surface area (Å²) >= 11 is 0. The Bertz CT molecular complexity index is 206. The molecule has 0 N–H and O–H groups in total. The Morgan fingerprint density at radius 3 is 2.80 bits per heavy atom. The minimum atomic E-state index is -0.129. The van der Waals surface area contributed by atoms with E-state index in [1.54, 1.807) is 0 Å². The zero-order valence-corrected chi connectivity index (χ0v) is 10.2. The number of likely N-dealkylation sites (N-methyl/N-ethyl adjacent to an activating group) is 1. The van der Waals surface area contributed by atoms with Crippen molar-refractivity contribution in [2.75, 3.05) is 20.7 Å². The van der Waals surface area contributed by atoms with Gasteiger partial charge >= 0.3 is 5.97 Å². The van der Waals surface area contributed by atoms with Crippen molar-refractivity contribution in [2.45, 2.75) is 45.1 Å². The molecule has 3 nitrogen and oxygen atoms in total. The number of hydrogen-bond donors (Lipinski definition) is 0. The molecule has 15 heavy (non-hydrogen) atoms. The number of rotatable bonds is 4. The Morgan fingerprint density at radius 2 is 2.20 bits per heavy atom. The molecule has 0 aliphatic heterocycles. The van der Waals surface area contributed by atoms with Gasteiger partial charge in [0.25, 0.3) is 0 Å². The summed E-state index contributed by atoms with van der Waals surface area (Å²) < 4.78 is 4.68. The van der Waals surface area contributed by atoms with Gasteiger partial charge in [-0.15, -0.1) is 0 Å². The van der Waals surface area contributed by atoms with Gasteiger partial charge in [0, 0.05) is 6.04 Å². The maximum Gasteiger partial charge on any atom is 0.319 e. The van der Waals surface area contributed by atoms with Crippen LogP contribution in [0.15, 0.2) is 0 Å². The molecule has 1 aliphatic carbocycles. The molecular weight excluding hydrogens is 190 g/mol. The van der Waals surface area contributed by atoms with E-state index in [4.69, 9.17) is 0 Å². The molecular formula is C12H23NO2. The van der Waals surface area contributed by atoms with Gasteiger partial charge in [-0.3, -0.25) is 9.69 Å². The molecule has 1 aliphatic rings. The number of methoxy groups -OCH3 is 1. The summed E-state index contributed by atoms with van der Waals surface area (Å²) in [6.07, 6.45) is 6.39. The fourth-order valence-electron chi connectivity index (χ4n) is 2.43. The van der Waals surface area contributed by atoms with Crippen LogP contribution in [0.5, 0.6) is 0 Å². The van der Waals surface area contributed by atoms with E-state index in [0.29, 0.717) is 12.6 Å². The van der Waals surface area contributed by atoms with Gasteiger partial charge in [0.2, 0.25) is 0 Å². The van der Waals surface area contributed by atoms with Crippen LogP contribution in [0.3, 0.4) is 0 Å². The first-order valence-electron chi connectivity index (χ1n) is 5.94. The van der Waals surface area contributed by atoms with Gasteiger partial charge in [-0.05, 0) is 25.8 Å². The lowest BCUT2D eigenvalue weighted by Crippen LogP contribution is -2.39. The maximum atomic E-state index is 11.2. The maximum absolute atomic E-state index is 11.2. The van der Waals surface area contributed by atoms with Crippen LogP contribution < -0.4 is 0 Å². The van der Waals surface area contributed by atoms with E-state index < -0.39 is 0 Å². The van der Waals surface area contributed by atoms with E-state index in [2.05, 4.69) is 16.6 Å². The Balaban J connectivity index is 2.37. The van der Waals surface area contributed by atoms with Crippen LogP contribution in [0.1, 0.15) is 39.0 Å². The van der Waals surface area contributed by atoms with Crippen molar-refractivity contribution in [3.05, 3.63) is 0 Å². The Hall–Kier alpha value is -0.570. The highest BCUT2D eigenvalue weighted by Gasteiger charge is 2.24. The molecule has 0 bridgehead atoms. The van der Waals surface area contributed by atoms with E-state index in [9.17, 15) is 4.79 Å². The summed E-state index contributed by atoms with van der Waals surface area (Å²) in [5.41, 5.74) is 0. The fourth-order valence-corrected chi connectivity index (χ4v) is 2.43. The normalized spacial score (nSPS) is 26.7. The van der Waals surface area contributed by atoms with Gasteiger partial charge in [-0.25, -0.2) is 0 Å². The predicted octanol–water partition coefficient (Wildman–Crippen LogP) is 2.06. The van der Waals surface area contributed by atoms with Crippen molar-refractivity contribution < 1.29 is 9.53 Å². The lowest BCUT2D eigenvalue weighted by atomic mass is 9.83. The predicted molar refractivity (Wildman–Crippen MR) is 60.7 cm³/mol. The second-order valence-electron chi connectivity index (χ2n) is 4.59. The number of hydrogen-bond acceptors (Lipinski definition) is 3. The molecule has 2 atom stereocenters. The molecule has 1 rings (SSSR count). The van der Waals surface area contributed by atoms with Crippen molar-refractivity contribution in [1.29, 1.82) is 0 Å². The average molecular weight is 213 g/mol. The molecule has 0 aromatic carbocycles. The Morgan fingerprint density at radius 1 is 1.47 bits per heavy atom. The first-order valence-corrected chi connectivity index (χ1v) is 5.94. The van der Waals surface area contributed by atoms with Gasteiger partial charge in [0.1, 0.15) is 0 Å². The molecule has 0 aromatic heterocycles. The van der Waals surface area contributed by atoms with E-state index >= 15 is 0 Å². The number of carbonyl (C=O) groups is 1. The lowest BCUT2D eigenvalue weighted by Gasteiger charge is -2.34. The van der Waals surface area contributed by atoms with Crippen molar-refractivity contribution in [3.63, 3.8) is 0 Å². The minimum absolute atomic E-state index is 0.129. The molecule has 0 aromatic rings. The zero-order valence-electron chi connectivity index (χ0n) is 10.2. The standard InChI is InChI=1S/C12H23NO2/c1-4-10-6-5-7-11(8-10)13(2)9-12(14)15-3/h10-11H,4-9H2,1-3H3. The first-order chi connectivity index (χ1) is 7.17. The van der Waals surface area contributed by atoms with Crippen LogP contribution in [0, 0.1) is 5.92 Å². The van der Waals surface area contributed by atoms with Crippen LogP contribution in [0.4, 0.5) is 0 Å². The molecule has 2 unspecified atom stereocenters. The van der Waals surface area contributed by atoms with E-state index in [-0.39, 0.29) is 5.97 Å². The van der Waals surface area contributed by atoms with Crippen molar-refractivity contribution >= 4 is 5.97 Å². The smallest absolute Gasteiger partial charge is 0.319 e. The molecule has 1 fully saturated rings. The quantitative estimate of drug-likeness (QED) is 0.669. The van der Waals surface area contributed by atoms with Gasteiger partial charge in [-0.1, -0.05) is 26.2 Å². The highest BCUT2D eigenvalue weighted by Crippen LogP contribution is 2.28. The van der Waals surface area contributed by atoms with Crippen LogP contribution >= 0.6 is 0 Å². The zero-order chi connectivity index (χ0) is 11.3. The summed E-state index contributed by atoms with van der Waals surface area (Å²) in [5.74, 6) is 0.722. The third-order valence-electron chi connectivity index (χ3n) is 3.56. The third-order valence-corrected chi connectivity index (χ3v) is 3.56. The largest absolute Gasteiger partial charge is 0.468 e. The summed E-state index contributed by atoms with van der Waals surface area (Å²) in [6.45, 7) is 2.69. The van der Waals surface area contributed by atoms with Crippen molar-refractivity contribution in [1.82, 2.24) is 4.90 Å². The first kappa shape index (κ1) is 12.5. The lowest BCUT2D eigenvalue weighted by molar-refractivity contribution is -0.142. The van der Waals surface area contributed by atoms with E-state index in [0.717, 1.165) is 5.92 Å². The van der Waals surface area contributed by atoms with Gasteiger partial charge < -0.3 is 4.74 Å². The topological polar surface area (TPSA) is 29.5 Å². The monoisotopic (exact) mass is 213 g/mol. The van der Waals surface area contributed by atoms with E-state index in [1.165, 1.54) is 39.2 Å². The molecule has 0 saturated heterocycles. The summed E-state index contributed by atoms with van der Waals surface area (Å²) in [4.78, 5) is 13.3. The second-order valence-corrected chi connectivity index (χ2v) is 4.59. The Labute approximate surface area is 92.8 Å². The third kappa shape index (κ3) is 3.82. The summed E-state index contributed by atoms with van der Waals surface area (Å²) in [5, 5.41) is 0. The fraction of sp³-hybridized carbons (Fsp3) is 0.917. The highest BCUT2D eigenvalue weighted by atomic mass is 16.5. The van der Waals surface area contributed by atoms with Gasteiger partial charge in [0.05, 0.1) is 13.7 Å². The highest BCUT2D eigenvalue weighted by molar-refractivity contribution is 5.71. The molecule has 1 saturated carbocycles. The molecule has 0 heterocycles. The summed E-state index contributed by atoms with van der Waals surface area (Å²) in [6, 6.07) is 0.572. The molecule has 0 radical (unpaired) electrons. The average Bonchev–Trinajstić information content (AvgIpc) is 2.28. The van der Waals surface area contributed by atoms with Crippen molar-refractivity contribution in [3.8, 4) is 0 Å². The van der Waals surface area contributed by atoms with Crippen LogP contribution in [-0.2, 0) is 9.53 Å². The number of ether oxygens (including phenoxy) is 1. The molecule has 88 valence electrons.